The summed E-state index contributed by atoms with van der Waals surface area (Å²) in [6, 6.07) is 20.7. The Morgan fingerprint density at radius 1 is 0.892 bits per heavy atom. The van der Waals surface area contributed by atoms with Crippen LogP contribution in [0, 0.1) is 6.92 Å². The maximum Gasteiger partial charge on any atom is 0.266 e. The molecule has 186 valence electrons. The van der Waals surface area contributed by atoms with Gasteiger partial charge < -0.3 is 9.47 Å². The number of hydrogen-bond acceptors (Lipinski definition) is 6. The third-order valence-electron chi connectivity index (χ3n) is 6.13. The first-order valence-electron chi connectivity index (χ1n) is 11.5. The fourth-order valence-corrected chi connectivity index (χ4v) is 5.70. The molecule has 0 saturated carbocycles. The number of ketones is 1. The van der Waals surface area contributed by atoms with Gasteiger partial charge in [-0.25, -0.2) is 4.90 Å². The molecular formula is C29H22ClNO5S. The normalized spacial score (nSPS) is 12.7. The maximum absolute atomic E-state index is 13.8. The van der Waals surface area contributed by atoms with Crippen LogP contribution in [0.1, 0.15) is 42.2 Å². The second-order valence-corrected chi connectivity index (χ2v) is 9.86. The van der Waals surface area contributed by atoms with Gasteiger partial charge >= 0.3 is 0 Å². The first kappa shape index (κ1) is 24.9. The Balaban J connectivity index is 1.61. The van der Waals surface area contributed by atoms with Crippen LogP contribution in [-0.4, -0.2) is 37.9 Å². The predicted octanol–water partition coefficient (Wildman–Crippen LogP) is 6.43. The Kier molecular flexibility index (Phi) is 6.93. The molecule has 0 aliphatic carbocycles. The Bertz CT molecular complexity index is 1470. The van der Waals surface area contributed by atoms with Crippen LogP contribution in [0.3, 0.4) is 0 Å². The van der Waals surface area contributed by atoms with E-state index in [0.29, 0.717) is 56.8 Å². The van der Waals surface area contributed by atoms with Gasteiger partial charge in [0, 0.05) is 22.6 Å². The summed E-state index contributed by atoms with van der Waals surface area (Å²) in [5, 5.41) is 0.812. The van der Waals surface area contributed by atoms with E-state index in [0.717, 1.165) is 15.3 Å². The molecule has 0 atom stereocenters. The van der Waals surface area contributed by atoms with Crippen LogP contribution in [0.25, 0.3) is 10.4 Å². The van der Waals surface area contributed by atoms with Gasteiger partial charge in [-0.2, -0.15) is 0 Å². The van der Waals surface area contributed by atoms with Crippen molar-refractivity contribution in [2.24, 2.45) is 0 Å². The quantitative estimate of drug-likeness (QED) is 0.149. The van der Waals surface area contributed by atoms with Crippen LogP contribution < -0.4 is 9.64 Å². The van der Waals surface area contributed by atoms with E-state index in [1.165, 1.54) is 11.3 Å². The van der Waals surface area contributed by atoms with Gasteiger partial charge in [0.1, 0.15) is 17.4 Å². The van der Waals surface area contributed by atoms with Crippen molar-refractivity contribution in [2.75, 3.05) is 25.2 Å². The van der Waals surface area contributed by atoms with Gasteiger partial charge in [0.15, 0.2) is 5.78 Å². The third kappa shape index (κ3) is 4.57. The van der Waals surface area contributed by atoms with E-state index in [2.05, 4.69) is 0 Å². The number of carbonyl (C=O) groups excluding carboxylic acids is 3. The fourth-order valence-electron chi connectivity index (χ4n) is 4.26. The SMILES string of the molecule is COCCOc1ccc(-c2sc(N3C(=O)c4ccccc4C3=O)c(C(=O)c3ccc(Cl)cc3)c2C)cc1. The number of nitrogens with zero attached hydrogens (tertiary/aromatic N) is 1. The number of ether oxygens (including phenoxy) is 2. The summed E-state index contributed by atoms with van der Waals surface area (Å²) in [5.41, 5.74) is 2.90. The molecule has 4 aromatic rings. The lowest BCUT2D eigenvalue weighted by atomic mass is 9.99. The van der Waals surface area contributed by atoms with Crippen molar-refractivity contribution in [1.29, 1.82) is 0 Å². The minimum atomic E-state index is -0.444. The molecule has 0 bridgehead atoms. The summed E-state index contributed by atoms with van der Waals surface area (Å²) >= 11 is 7.28. The first-order chi connectivity index (χ1) is 17.9. The lowest BCUT2D eigenvalue weighted by Crippen LogP contribution is -2.30. The summed E-state index contributed by atoms with van der Waals surface area (Å²) in [7, 11) is 1.61. The third-order valence-corrected chi connectivity index (χ3v) is 7.71. The van der Waals surface area contributed by atoms with Crippen LogP contribution in [0.5, 0.6) is 5.75 Å². The lowest BCUT2D eigenvalue weighted by molar-refractivity contribution is 0.0927. The second-order valence-electron chi connectivity index (χ2n) is 8.43. The van der Waals surface area contributed by atoms with Crippen molar-refractivity contribution >= 4 is 45.5 Å². The van der Waals surface area contributed by atoms with Crippen molar-refractivity contribution in [3.05, 3.63) is 106 Å². The molecule has 6 nitrogen and oxygen atoms in total. The zero-order valence-corrected chi connectivity index (χ0v) is 21.7. The summed E-state index contributed by atoms with van der Waals surface area (Å²) in [6.07, 6.45) is 0. The summed E-state index contributed by atoms with van der Waals surface area (Å²) < 4.78 is 10.7. The highest BCUT2D eigenvalue weighted by molar-refractivity contribution is 7.20. The van der Waals surface area contributed by atoms with Crippen LogP contribution in [-0.2, 0) is 4.74 Å². The number of carbonyl (C=O) groups is 3. The van der Waals surface area contributed by atoms with Crippen LogP contribution in [0.15, 0.2) is 72.8 Å². The highest BCUT2D eigenvalue weighted by Gasteiger charge is 2.40. The molecule has 0 fully saturated rings. The molecule has 5 rings (SSSR count). The topological polar surface area (TPSA) is 72.9 Å². The van der Waals surface area contributed by atoms with Crippen LogP contribution in [0.2, 0.25) is 5.02 Å². The van der Waals surface area contributed by atoms with Gasteiger partial charge in [-0.3, -0.25) is 14.4 Å². The zero-order chi connectivity index (χ0) is 26.1. The lowest BCUT2D eigenvalue weighted by Gasteiger charge is -2.14. The first-order valence-corrected chi connectivity index (χ1v) is 12.7. The number of benzene rings is 3. The van der Waals surface area contributed by atoms with E-state index in [-0.39, 0.29) is 5.78 Å². The van der Waals surface area contributed by atoms with Gasteiger partial charge in [0.05, 0.1) is 23.3 Å². The van der Waals surface area contributed by atoms with E-state index >= 15 is 0 Å². The van der Waals surface area contributed by atoms with Crippen LogP contribution in [0.4, 0.5) is 5.00 Å². The molecule has 0 radical (unpaired) electrons. The second kappa shape index (κ2) is 10.3. The number of imide groups is 1. The van der Waals surface area contributed by atoms with Crippen molar-refractivity contribution in [2.45, 2.75) is 6.92 Å². The van der Waals surface area contributed by atoms with Crippen molar-refractivity contribution in [3.8, 4) is 16.2 Å². The standard InChI is InChI=1S/C29H22ClNO5S/c1-17-24(25(32)18-7-11-20(30)12-8-18)29(31-27(33)22-5-3-4-6-23(22)28(31)34)37-26(17)19-9-13-21(14-10-19)36-16-15-35-2/h3-14H,15-16H2,1-2H3. The highest BCUT2D eigenvalue weighted by Crippen LogP contribution is 2.45. The molecule has 37 heavy (non-hydrogen) atoms. The molecule has 2 amide bonds. The number of methoxy groups -OCH3 is 1. The molecule has 1 aromatic heterocycles. The molecule has 0 saturated heterocycles. The number of amides is 2. The molecule has 0 spiro atoms. The van der Waals surface area contributed by atoms with Gasteiger partial charge in [-0.05, 0) is 78.7 Å². The molecule has 2 heterocycles. The molecule has 0 N–H and O–H groups in total. The number of rotatable bonds is 8. The van der Waals surface area contributed by atoms with Crippen molar-refractivity contribution < 1.29 is 23.9 Å². The van der Waals surface area contributed by atoms with E-state index in [9.17, 15) is 14.4 Å². The molecule has 3 aromatic carbocycles. The van der Waals surface area contributed by atoms with Crippen molar-refractivity contribution in [1.82, 2.24) is 0 Å². The molecule has 0 unspecified atom stereocenters. The number of fused-ring (bicyclic) bond motifs is 1. The van der Waals surface area contributed by atoms with Crippen LogP contribution >= 0.6 is 22.9 Å². The van der Waals surface area contributed by atoms with Gasteiger partial charge in [-0.15, -0.1) is 11.3 Å². The highest BCUT2D eigenvalue weighted by atomic mass is 35.5. The largest absolute Gasteiger partial charge is 0.491 e. The number of thiophene rings is 1. The Hall–Kier alpha value is -3.78. The molecule has 1 aliphatic heterocycles. The Morgan fingerprint density at radius 2 is 1.51 bits per heavy atom. The predicted molar refractivity (Wildman–Crippen MR) is 144 cm³/mol. The molecule has 1 aliphatic rings. The van der Waals surface area contributed by atoms with E-state index in [1.54, 1.807) is 55.6 Å². The number of anilines is 1. The van der Waals surface area contributed by atoms with E-state index < -0.39 is 11.8 Å². The monoisotopic (exact) mass is 531 g/mol. The zero-order valence-electron chi connectivity index (χ0n) is 20.1. The summed E-state index contributed by atoms with van der Waals surface area (Å²) in [6.45, 7) is 2.74. The minimum absolute atomic E-state index is 0.289. The molecular weight excluding hydrogens is 510 g/mol. The number of hydrogen-bond donors (Lipinski definition) is 0. The van der Waals surface area contributed by atoms with Gasteiger partial charge in [-0.1, -0.05) is 23.7 Å². The summed E-state index contributed by atoms with van der Waals surface area (Å²) in [5.74, 6) is -0.489. The Morgan fingerprint density at radius 3 is 2.11 bits per heavy atom. The molecule has 8 heteroatoms. The Labute approximate surface area is 223 Å². The average molecular weight is 532 g/mol. The maximum atomic E-state index is 13.8. The minimum Gasteiger partial charge on any atom is -0.491 e. The van der Waals surface area contributed by atoms with E-state index in [4.69, 9.17) is 21.1 Å². The average Bonchev–Trinajstić information content (AvgIpc) is 3.37. The van der Waals surface area contributed by atoms with Crippen molar-refractivity contribution in [3.63, 3.8) is 0 Å². The number of halogens is 1. The summed E-state index contributed by atoms with van der Waals surface area (Å²) in [4.78, 5) is 42.4. The smallest absolute Gasteiger partial charge is 0.266 e. The van der Waals surface area contributed by atoms with Gasteiger partial charge in [0.25, 0.3) is 11.8 Å². The van der Waals surface area contributed by atoms with E-state index in [1.807, 2.05) is 31.2 Å². The fraction of sp³-hybridized carbons (Fsp3) is 0.138. The van der Waals surface area contributed by atoms with Gasteiger partial charge in [0.2, 0.25) is 0 Å².